The van der Waals surface area contributed by atoms with E-state index in [2.05, 4.69) is 19.2 Å². The van der Waals surface area contributed by atoms with Crippen LogP contribution < -0.4 is 10.1 Å². The maximum Gasteiger partial charge on any atom is 0.257 e. The number of amides is 1. The minimum atomic E-state index is -0.178. The molecule has 0 heterocycles. The van der Waals surface area contributed by atoms with Gasteiger partial charge in [-0.2, -0.15) is 0 Å². The van der Waals surface area contributed by atoms with Gasteiger partial charge >= 0.3 is 0 Å². The van der Waals surface area contributed by atoms with Crippen molar-refractivity contribution in [2.45, 2.75) is 20.3 Å². The van der Waals surface area contributed by atoms with Gasteiger partial charge in [-0.25, -0.2) is 0 Å². The predicted molar refractivity (Wildman–Crippen MR) is 83.6 cm³/mol. The molecule has 2 rings (SSSR count). The number of carbonyl (C=O) groups is 1. The molecule has 0 radical (unpaired) electrons. The highest BCUT2D eigenvalue weighted by atomic mass is 16.5. The zero-order valence-electron chi connectivity index (χ0n) is 12.4. The van der Waals surface area contributed by atoms with Crippen molar-refractivity contribution in [3.05, 3.63) is 36.4 Å². The molecule has 0 spiro atoms. The van der Waals surface area contributed by atoms with Gasteiger partial charge in [0.25, 0.3) is 5.91 Å². The Morgan fingerprint density at radius 2 is 1.90 bits per heavy atom. The Balaban J connectivity index is 1.93. The highest BCUT2D eigenvalue weighted by Crippen LogP contribution is 2.31. The maximum atomic E-state index is 11.7. The number of carbonyl (C=O) groups excluding carboxylic acids is 1. The first-order chi connectivity index (χ1) is 10.1. The van der Waals surface area contributed by atoms with E-state index in [1.807, 2.05) is 24.3 Å². The van der Waals surface area contributed by atoms with E-state index in [9.17, 15) is 9.90 Å². The third-order valence-electron chi connectivity index (χ3n) is 3.23. The van der Waals surface area contributed by atoms with Crippen molar-refractivity contribution in [2.75, 3.05) is 13.2 Å². The molecule has 1 amide bonds. The molecule has 21 heavy (non-hydrogen) atoms. The average Bonchev–Trinajstić information content (AvgIpc) is 2.44. The van der Waals surface area contributed by atoms with E-state index >= 15 is 0 Å². The molecule has 0 aliphatic rings. The number of aromatic hydroxyl groups is 1. The average molecular weight is 287 g/mol. The summed E-state index contributed by atoms with van der Waals surface area (Å²) < 4.78 is 5.40. The van der Waals surface area contributed by atoms with Crippen LogP contribution in [0.2, 0.25) is 0 Å². The Kier molecular flexibility index (Phi) is 5.04. The molecule has 112 valence electrons. The second-order valence-electron chi connectivity index (χ2n) is 5.49. The number of hydrogen-bond donors (Lipinski definition) is 2. The van der Waals surface area contributed by atoms with Crippen LogP contribution in [0.3, 0.4) is 0 Å². The van der Waals surface area contributed by atoms with Crippen LogP contribution in [0.15, 0.2) is 36.4 Å². The van der Waals surface area contributed by atoms with Gasteiger partial charge in [-0.3, -0.25) is 4.79 Å². The zero-order valence-corrected chi connectivity index (χ0v) is 12.4. The first kappa shape index (κ1) is 15.2. The number of ether oxygens (including phenoxy) is 1. The third-order valence-corrected chi connectivity index (χ3v) is 3.23. The van der Waals surface area contributed by atoms with E-state index in [0.29, 0.717) is 18.2 Å². The fraction of sp³-hybridized carbons (Fsp3) is 0.353. The van der Waals surface area contributed by atoms with Crippen molar-refractivity contribution in [1.82, 2.24) is 5.32 Å². The molecular weight excluding hydrogens is 266 g/mol. The van der Waals surface area contributed by atoms with Gasteiger partial charge in [0, 0.05) is 6.54 Å². The fourth-order valence-electron chi connectivity index (χ4n) is 2.02. The van der Waals surface area contributed by atoms with Gasteiger partial charge in [-0.15, -0.1) is 0 Å². The van der Waals surface area contributed by atoms with Crippen molar-refractivity contribution >= 4 is 16.7 Å². The summed E-state index contributed by atoms with van der Waals surface area (Å²) in [5.74, 6) is 0.746. The van der Waals surface area contributed by atoms with E-state index in [0.717, 1.165) is 17.2 Å². The van der Waals surface area contributed by atoms with Gasteiger partial charge < -0.3 is 15.2 Å². The molecular formula is C17H21NO3. The minimum absolute atomic E-state index is 0.0451. The lowest BCUT2D eigenvalue weighted by atomic mass is 10.1. The number of benzene rings is 2. The molecule has 0 fully saturated rings. The maximum absolute atomic E-state index is 11.7. The summed E-state index contributed by atoms with van der Waals surface area (Å²) in [7, 11) is 0. The van der Waals surface area contributed by atoms with E-state index in [1.165, 1.54) is 0 Å². The Hall–Kier alpha value is -2.23. The summed E-state index contributed by atoms with van der Waals surface area (Å²) >= 11 is 0. The standard InChI is InChI=1S/C17H21NO3/c1-12(2)7-8-18-17(20)11-21-16-10-14-6-4-3-5-13(14)9-15(16)19/h3-6,9-10,12,19H,7-8,11H2,1-2H3,(H,18,20). The summed E-state index contributed by atoms with van der Waals surface area (Å²) in [6.45, 7) is 4.76. The lowest BCUT2D eigenvalue weighted by Crippen LogP contribution is -2.30. The highest BCUT2D eigenvalue weighted by Gasteiger charge is 2.08. The molecule has 2 N–H and O–H groups in total. The van der Waals surface area contributed by atoms with Crippen molar-refractivity contribution in [2.24, 2.45) is 5.92 Å². The predicted octanol–water partition coefficient (Wildman–Crippen LogP) is 3.09. The molecule has 4 nitrogen and oxygen atoms in total. The topological polar surface area (TPSA) is 58.6 Å². The van der Waals surface area contributed by atoms with Gasteiger partial charge in [0.1, 0.15) is 0 Å². The third kappa shape index (κ3) is 4.38. The molecule has 0 aliphatic carbocycles. The minimum Gasteiger partial charge on any atom is -0.504 e. The summed E-state index contributed by atoms with van der Waals surface area (Å²) in [5.41, 5.74) is 0. The van der Waals surface area contributed by atoms with Gasteiger partial charge in [-0.05, 0) is 35.2 Å². The van der Waals surface area contributed by atoms with Crippen LogP contribution in [-0.2, 0) is 4.79 Å². The Labute approximate surface area is 124 Å². The Morgan fingerprint density at radius 3 is 2.57 bits per heavy atom. The molecule has 0 saturated heterocycles. The van der Waals surface area contributed by atoms with Gasteiger partial charge in [0.15, 0.2) is 18.1 Å². The number of rotatable bonds is 6. The van der Waals surface area contributed by atoms with Gasteiger partial charge in [0.05, 0.1) is 0 Å². The molecule has 0 saturated carbocycles. The van der Waals surface area contributed by atoms with Crippen LogP contribution in [0.25, 0.3) is 10.8 Å². The Morgan fingerprint density at radius 1 is 1.24 bits per heavy atom. The monoisotopic (exact) mass is 287 g/mol. The van der Waals surface area contributed by atoms with Crippen LogP contribution in [0.4, 0.5) is 0 Å². The molecule has 0 unspecified atom stereocenters. The highest BCUT2D eigenvalue weighted by molar-refractivity contribution is 5.86. The van der Waals surface area contributed by atoms with Crippen molar-refractivity contribution in [3.8, 4) is 11.5 Å². The van der Waals surface area contributed by atoms with E-state index in [4.69, 9.17) is 4.74 Å². The molecule has 4 heteroatoms. The summed E-state index contributed by atoms with van der Waals surface area (Å²) in [5, 5.41) is 14.6. The van der Waals surface area contributed by atoms with E-state index in [-0.39, 0.29) is 18.3 Å². The van der Waals surface area contributed by atoms with Crippen LogP contribution in [-0.4, -0.2) is 24.2 Å². The second-order valence-corrected chi connectivity index (χ2v) is 5.49. The molecule has 0 bridgehead atoms. The van der Waals surface area contributed by atoms with E-state index < -0.39 is 0 Å². The first-order valence-electron chi connectivity index (χ1n) is 7.17. The summed E-state index contributed by atoms with van der Waals surface area (Å²) in [6.07, 6.45) is 0.937. The molecule has 0 atom stereocenters. The largest absolute Gasteiger partial charge is 0.504 e. The molecule has 2 aromatic rings. The van der Waals surface area contributed by atoms with Gasteiger partial charge in [0.2, 0.25) is 0 Å². The summed E-state index contributed by atoms with van der Waals surface area (Å²) in [6, 6.07) is 11.1. The second kappa shape index (κ2) is 6.97. The van der Waals surface area contributed by atoms with Crippen LogP contribution in [0.5, 0.6) is 11.5 Å². The van der Waals surface area contributed by atoms with Crippen molar-refractivity contribution in [3.63, 3.8) is 0 Å². The van der Waals surface area contributed by atoms with Crippen molar-refractivity contribution in [1.29, 1.82) is 0 Å². The Bertz CT molecular complexity index is 622. The normalized spacial score (nSPS) is 10.8. The number of phenols is 1. The summed E-state index contributed by atoms with van der Waals surface area (Å²) in [4.78, 5) is 11.7. The van der Waals surface area contributed by atoms with Crippen LogP contribution in [0.1, 0.15) is 20.3 Å². The number of nitrogens with one attached hydrogen (secondary N) is 1. The zero-order chi connectivity index (χ0) is 15.2. The number of phenolic OH excluding ortho intramolecular Hbond substituents is 1. The molecule has 0 aromatic heterocycles. The number of hydrogen-bond acceptors (Lipinski definition) is 3. The molecule has 2 aromatic carbocycles. The van der Waals surface area contributed by atoms with Crippen LogP contribution in [0, 0.1) is 5.92 Å². The smallest absolute Gasteiger partial charge is 0.257 e. The van der Waals surface area contributed by atoms with Gasteiger partial charge in [-0.1, -0.05) is 38.1 Å². The quantitative estimate of drug-likeness (QED) is 0.858. The van der Waals surface area contributed by atoms with Crippen LogP contribution >= 0.6 is 0 Å². The van der Waals surface area contributed by atoms with Crippen molar-refractivity contribution < 1.29 is 14.6 Å². The first-order valence-corrected chi connectivity index (χ1v) is 7.17. The number of fused-ring (bicyclic) bond motifs is 1. The SMILES string of the molecule is CC(C)CCNC(=O)COc1cc2ccccc2cc1O. The fourth-order valence-corrected chi connectivity index (χ4v) is 2.02. The molecule has 0 aliphatic heterocycles. The van der Waals surface area contributed by atoms with E-state index in [1.54, 1.807) is 12.1 Å². The lowest BCUT2D eigenvalue weighted by Gasteiger charge is -2.10. The lowest BCUT2D eigenvalue weighted by molar-refractivity contribution is -0.123.